The van der Waals surface area contributed by atoms with E-state index < -0.39 is 6.10 Å². The molecule has 5 nitrogen and oxygen atoms in total. The number of hydrogen-bond donors (Lipinski definition) is 2. The zero-order chi connectivity index (χ0) is 21.2. The van der Waals surface area contributed by atoms with Gasteiger partial charge in [-0.2, -0.15) is 0 Å². The topological polar surface area (TPSA) is 67.8 Å². The molecule has 0 aromatic heterocycles. The van der Waals surface area contributed by atoms with Gasteiger partial charge in [-0.15, -0.1) is 0 Å². The smallest absolute Gasteiger partial charge is 0.330 e. The highest BCUT2D eigenvalue weighted by Gasteiger charge is 2.10. The van der Waals surface area contributed by atoms with Crippen LogP contribution in [-0.2, 0) is 16.0 Å². The third kappa shape index (κ3) is 7.89. The molecule has 156 valence electrons. The Morgan fingerprint density at radius 3 is 2.55 bits per heavy atom. The predicted octanol–water partition coefficient (Wildman–Crippen LogP) is 3.88. The number of aliphatic hydroxyl groups excluding tert-OH is 1. The van der Waals surface area contributed by atoms with E-state index in [4.69, 9.17) is 16.3 Å². The Kier molecular flexibility index (Phi) is 9.19. The number of esters is 1. The Bertz CT molecular complexity index is 820. The number of rotatable bonds is 10. The van der Waals surface area contributed by atoms with Gasteiger partial charge in [-0.05, 0) is 49.1 Å². The summed E-state index contributed by atoms with van der Waals surface area (Å²) < 4.78 is 10.2. The van der Waals surface area contributed by atoms with E-state index in [1.807, 2.05) is 43.3 Å². The highest BCUT2D eigenvalue weighted by atomic mass is 35.5. The van der Waals surface area contributed by atoms with Crippen LogP contribution in [0, 0.1) is 0 Å². The van der Waals surface area contributed by atoms with Crippen LogP contribution in [0.5, 0.6) is 5.75 Å². The van der Waals surface area contributed by atoms with Crippen molar-refractivity contribution in [1.29, 1.82) is 0 Å². The summed E-state index contributed by atoms with van der Waals surface area (Å²) in [5, 5.41) is 14.0. The lowest BCUT2D eigenvalue weighted by molar-refractivity contribution is -0.134. The van der Waals surface area contributed by atoms with Gasteiger partial charge in [-0.1, -0.05) is 48.0 Å². The molecule has 0 radical (unpaired) electrons. The van der Waals surface area contributed by atoms with Crippen LogP contribution in [-0.4, -0.2) is 43.5 Å². The van der Waals surface area contributed by atoms with Crippen LogP contribution < -0.4 is 10.1 Å². The molecule has 0 saturated heterocycles. The van der Waals surface area contributed by atoms with E-state index in [-0.39, 0.29) is 18.6 Å². The monoisotopic (exact) mass is 417 g/mol. The first-order valence-corrected chi connectivity index (χ1v) is 9.91. The second-order valence-electron chi connectivity index (χ2n) is 6.96. The number of methoxy groups -OCH3 is 1. The molecule has 1 unspecified atom stereocenters. The molecule has 0 aliphatic carbocycles. The summed E-state index contributed by atoms with van der Waals surface area (Å²) in [5.74, 6) is 0.208. The molecule has 0 bridgehead atoms. The maximum absolute atomic E-state index is 11.3. The molecule has 0 heterocycles. The first-order valence-electron chi connectivity index (χ1n) is 9.53. The van der Waals surface area contributed by atoms with Gasteiger partial charge in [-0.25, -0.2) is 4.79 Å². The van der Waals surface area contributed by atoms with Gasteiger partial charge in [0.25, 0.3) is 0 Å². The molecule has 0 fully saturated rings. The zero-order valence-electron chi connectivity index (χ0n) is 17.0. The van der Waals surface area contributed by atoms with E-state index in [0.29, 0.717) is 17.3 Å². The Morgan fingerprint density at radius 2 is 1.90 bits per heavy atom. The Hall–Kier alpha value is -2.34. The lowest BCUT2D eigenvalue weighted by Crippen LogP contribution is -2.37. The number of ether oxygens (including phenoxy) is 2. The summed E-state index contributed by atoms with van der Waals surface area (Å²) in [6, 6.07) is 15.4. The number of para-hydroxylation sites is 1. The van der Waals surface area contributed by atoms with Gasteiger partial charge in [0, 0.05) is 18.7 Å². The zero-order valence-corrected chi connectivity index (χ0v) is 17.8. The lowest BCUT2D eigenvalue weighted by Gasteiger charge is -2.18. The van der Waals surface area contributed by atoms with Gasteiger partial charge in [0.15, 0.2) is 0 Å². The standard InChI is InChI=1S/C23H28ClNO4/c1-16(12-23(27)28-3)19-10-8-18(9-11-19)13-17(2)25-14-20(26)15-29-22-7-5-4-6-21(22)24/h4-12,17,20,25-26H,13-15H2,1-3H3/b16-12+/t17-,20?/m1/s1. The van der Waals surface area contributed by atoms with E-state index in [1.54, 1.807) is 12.1 Å². The molecule has 6 heteroatoms. The molecule has 0 aliphatic rings. The fourth-order valence-corrected chi connectivity index (χ4v) is 2.98. The van der Waals surface area contributed by atoms with Gasteiger partial charge in [0.2, 0.25) is 0 Å². The number of carbonyl (C=O) groups excluding carboxylic acids is 1. The average molecular weight is 418 g/mol. The fourth-order valence-electron chi connectivity index (χ4n) is 2.79. The minimum atomic E-state index is -0.637. The average Bonchev–Trinajstić information content (AvgIpc) is 2.72. The quantitative estimate of drug-likeness (QED) is 0.453. The number of halogens is 1. The summed E-state index contributed by atoms with van der Waals surface area (Å²) in [6.45, 7) is 4.54. The van der Waals surface area contributed by atoms with E-state index >= 15 is 0 Å². The van der Waals surface area contributed by atoms with Crippen molar-refractivity contribution in [3.8, 4) is 5.75 Å². The first-order chi connectivity index (χ1) is 13.9. The number of hydrogen-bond acceptors (Lipinski definition) is 5. The highest BCUT2D eigenvalue weighted by Crippen LogP contribution is 2.23. The molecule has 0 amide bonds. The van der Waals surface area contributed by atoms with Crippen molar-refractivity contribution in [3.05, 3.63) is 70.8 Å². The minimum absolute atomic E-state index is 0.171. The Morgan fingerprint density at radius 1 is 1.21 bits per heavy atom. The Labute approximate surface area is 177 Å². The molecule has 2 aromatic rings. The van der Waals surface area contributed by atoms with Gasteiger partial charge in [0.05, 0.1) is 12.1 Å². The summed E-state index contributed by atoms with van der Waals surface area (Å²) in [6.07, 6.45) is 1.66. The number of carbonyl (C=O) groups is 1. The van der Waals surface area contributed by atoms with Crippen LogP contribution in [0.3, 0.4) is 0 Å². The van der Waals surface area contributed by atoms with Gasteiger partial charge in [-0.3, -0.25) is 0 Å². The molecule has 2 aromatic carbocycles. The molecule has 29 heavy (non-hydrogen) atoms. The predicted molar refractivity (Wildman–Crippen MR) is 116 cm³/mol. The van der Waals surface area contributed by atoms with E-state index in [1.165, 1.54) is 18.7 Å². The van der Waals surface area contributed by atoms with Crippen molar-refractivity contribution >= 4 is 23.1 Å². The molecule has 0 saturated carbocycles. The summed E-state index contributed by atoms with van der Waals surface area (Å²) >= 11 is 6.04. The third-order valence-corrected chi connectivity index (χ3v) is 4.77. The SMILES string of the molecule is COC(=O)/C=C(\C)c1ccc(C[C@@H](C)NCC(O)COc2ccccc2Cl)cc1. The summed E-state index contributed by atoms with van der Waals surface area (Å²) in [4.78, 5) is 11.3. The van der Waals surface area contributed by atoms with E-state index in [0.717, 1.165) is 17.6 Å². The number of allylic oxidation sites excluding steroid dienone is 1. The van der Waals surface area contributed by atoms with Crippen LogP contribution in [0.15, 0.2) is 54.6 Å². The molecular formula is C23H28ClNO4. The van der Waals surface area contributed by atoms with Crippen molar-refractivity contribution in [3.63, 3.8) is 0 Å². The van der Waals surface area contributed by atoms with Crippen LogP contribution in [0.1, 0.15) is 25.0 Å². The van der Waals surface area contributed by atoms with Crippen LogP contribution in [0.4, 0.5) is 0 Å². The Balaban J connectivity index is 1.77. The van der Waals surface area contributed by atoms with Crippen LogP contribution >= 0.6 is 11.6 Å². The van der Waals surface area contributed by atoms with Crippen molar-refractivity contribution in [2.75, 3.05) is 20.3 Å². The number of benzene rings is 2. The van der Waals surface area contributed by atoms with Crippen molar-refractivity contribution in [2.45, 2.75) is 32.4 Å². The van der Waals surface area contributed by atoms with Crippen molar-refractivity contribution < 1.29 is 19.4 Å². The largest absolute Gasteiger partial charge is 0.489 e. The maximum atomic E-state index is 11.3. The lowest BCUT2D eigenvalue weighted by atomic mass is 10.0. The van der Waals surface area contributed by atoms with Gasteiger partial charge >= 0.3 is 5.97 Å². The minimum Gasteiger partial charge on any atom is -0.489 e. The fraction of sp³-hybridized carbons (Fsp3) is 0.348. The molecule has 2 N–H and O–H groups in total. The van der Waals surface area contributed by atoms with Gasteiger partial charge in [0.1, 0.15) is 18.5 Å². The van der Waals surface area contributed by atoms with Crippen molar-refractivity contribution in [2.24, 2.45) is 0 Å². The molecule has 0 aliphatic heterocycles. The number of nitrogens with one attached hydrogen (secondary N) is 1. The molecular weight excluding hydrogens is 390 g/mol. The molecule has 2 atom stereocenters. The van der Waals surface area contributed by atoms with Crippen molar-refractivity contribution in [1.82, 2.24) is 5.32 Å². The van der Waals surface area contributed by atoms with Crippen LogP contribution in [0.25, 0.3) is 5.57 Å². The molecule has 0 spiro atoms. The van der Waals surface area contributed by atoms with E-state index in [2.05, 4.69) is 17.0 Å². The second-order valence-corrected chi connectivity index (χ2v) is 7.36. The normalized spacial score (nSPS) is 13.6. The summed E-state index contributed by atoms with van der Waals surface area (Å²) in [5.41, 5.74) is 3.00. The first kappa shape index (κ1) is 22.9. The third-order valence-electron chi connectivity index (χ3n) is 4.46. The maximum Gasteiger partial charge on any atom is 0.330 e. The second kappa shape index (κ2) is 11.6. The van der Waals surface area contributed by atoms with Crippen LogP contribution in [0.2, 0.25) is 5.02 Å². The van der Waals surface area contributed by atoms with Gasteiger partial charge < -0.3 is 19.9 Å². The molecule has 2 rings (SSSR count). The van der Waals surface area contributed by atoms with E-state index in [9.17, 15) is 9.90 Å². The number of aliphatic hydroxyl groups is 1. The summed E-state index contributed by atoms with van der Waals surface area (Å²) in [7, 11) is 1.36. The highest BCUT2D eigenvalue weighted by molar-refractivity contribution is 6.32.